The van der Waals surface area contributed by atoms with Gasteiger partial charge in [-0.3, -0.25) is 9.69 Å². The molecule has 3 aliphatic heterocycles. The van der Waals surface area contributed by atoms with Gasteiger partial charge < -0.3 is 20.3 Å². The van der Waals surface area contributed by atoms with Gasteiger partial charge in [-0.25, -0.2) is 15.0 Å². The number of nitrogens with zero attached hydrogens (tertiary/aromatic N) is 5. The quantitative estimate of drug-likeness (QED) is 0.543. The Morgan fingerprint density at radius 3 is 2.78 bits per heavy atom. The van der Waals surface area contributed by atoms with Crippen molar-refractivity contribution >= 4 is 29.0 Å². The molecule has 3 aromatic rings. The molecule has 37 heavy (non-hydrogen) atoms. The van der Waals surface area contributed by atoms with Gasteiger partial charge in [0.25, 0.3) is 5.91 Å². The highest BCUT2D eigenvalue weighted by Gasteiger charge is 2.50. The largest absolute Gasteiger partial charge is 0.474 e. The second-order valence-corrected chi connectivity index (χ2v) is 10.6. The van der Waals surface area contributed by atoms with E-state index in [2.05, 4.69) is 62.4 Å². The van der Waals surface area contributed by atoms with Crippen LogP contribution in [0.3, 0.4) is 0 Å². The number of carbonyl (C=O) groups is 1. The molecule has 5 heterocycles. The van der Waals surface area contributed by atoms with Gasteiger partial charge in [-0.15, -0.1) is 0 Å². The van der Waals surface area contributed by atoms with Crippen LogP contribution < -0.4 is 20.3 Å². The Hall–Kier alpha value is -3.72. The molecule has 2 saturated heterocycles. The summed E-state index contributed by atoms with van der Waals surface area (Å²) in [5, 5.41) is 6.26. The molecule has 1 amide bonds. The lowest BCUT2D eigenvalue weighted by molar-refractivity contribution is -0.140. The number of carbonyl (C=O) groups excluding carboxylic acids is 1. The fourth-order valence-electron chi connectivity index (χ4n) is 6.26. The third kappa shape index (κ3) is 3.71. The maximum atomic E-state index is 12.4. The van der Waals surface area contributed by atoms with E-state index in [4.69, 9.17) is 9.72 Å². The van der Waals surface area contributed by atoms with E-state index < -0.39 is 5.60 Å². The average molecular weight is 498 g/mol. The van der Waals surface area contributed by atoms with Crippen LogP contribution in [0.1, 0.15) is 38.2 Å². The first kappa shape index (κ1) is 22.5. The number of hydrogen-bond donors (Lipinski definition) is 2. The second-order valence-electron chi connectivity index (χ2n) is 10.6. The van der Waals surface area contributed by atoms with Crippen LogP contribution in [0, 0.1) is 6.92 Å². The van der Waals surface area contributed by atoms with Gasteiger partial charge in [-0.1, -0.05) is 6.92 Å². The van der Waals surface area contributed by atoms with Gasteiger partial charge in [0.1, 0.15) is 0 Å². The molecular weight excluding hydrogens is 466 g/mol. The molecule has 1 aliphatic carbocycles. The van der Waals surface area contributed by atoms with E-state index in [1.165, 1.54) is 17.7 Å². The van der Waals surface area contributed by atoms with Gasteiger partial charge >= 0.3 is 0 Å². The lowest BCUT2D eigenvalue weighted by atomic mass is 9.78. The molecule has 2 aromatic heterocycles. The number of hydrogen-bond acceptors (Lipinski definition) is 8. The number of likely N-dealkylation sites (N-methyl/N-ethyl adjacent to an activating group) is 1. The van der Waals surface area contributed by atoms with Gasteiger partial charge in [-0.2, -0.15) is 0 Å². The standard InChI is InChI=1S/C28H31N7O2/c1-3-34-15-21-13-20(34)16-35(21)23-6-5-19(11-17(23)2)31-27-29-10-7-22(32-27)18-12-24-25(30-14-18)33-26(36)28(37-24)8-4-9-28/h5-7,10-12,14,20-21H,3-4,8-9,13,15-16H2,1-2H3,(H,29,31,32)(H,30,33,36)/t20-,21-/m0/s1. The zero-order valence-electron chi connectivity index (χ0n) is 21.2. The first-order valence-corrected chi connectivity index (χ1v) is 13.2. The topological polar surface area (TPSA) is 95.5 Å². The summed E-state index contributed by atoms with van der Waals surface area (Å²) in [4.78, 5) is 31.2. The fourth-order valence-corrected chi connectivity index (χ4v) is 6.26. The zero-order valence-corrected chi connectivity index (χ0v) is 21.2. The van der Waals surface area contributed by atoms with Crippen LogP contribution in [0.15, 0.2) is 42.7 Å². The third-order valence-corrected chi connectivity index (χ3v) is 8.44. The van der Waals surface area contributed by atoms with Crippen molar-refractivity contribution in [3.63, 3.8) is 0 Å². The van der Waals surface area contributed by atoms with Crippen LogP contribution in [0.5, 0.6) is 5.75 Å². The maximum absolute atomic E-state index is 12.4. The number of aromatic nitrogens is 3. The van der Waals surface area contributed by atoms with E-state index in [0.717, 1.165) is 55.8 Å². The summed E-state index contributed by atoms with van der Waals surface area (Å²) < 4.78 is 6.11. The van der Waals surface area contributed by atoms with Crippen molar-refractivity contribution in [3.8, 4) is 17.0 Å². The number of nitrogens with one attached hydrogen (secondary N) is 2. The van der Waals surface area contributed by atoms with E-state index >= 15 is 0 Å². The molecule has 0 radical (unpaired) electrons. The van der Waals surface area contributed by atoms with E-state index in [9.17, 15) is 4.79 Å². The third-order valence-electron chi connectivity index (χ3n) is 8.44. The summed E-state index contributed by atoms with van der Waals surface area (Å²) in [6.45, 7) is 7.85. The summed E-state index contributed by atoms with van der Waals surface area (Å²) in [5.41, 5.74) is 4.34. The molecular formula is C28H31N7O2. The minimum atomic E-state index is -0.736. The van der Waals surface area contributed by atoms with Crippen molar-refractivity contribution in [2.24, 2.45) is 0 Å². The summed E-state index contributed by atoms with van der Waals surface area (Å²) in [7, 11) is 0. The van der Waals surface area contributed by atoms with Crippen LogP contribution >= 0.6 is 0 Å². The number of aryl methyl sites for hydroxylation is 1. The number of benzene rings is 1. The number of piperazine rings is 1. The van der Waals surface area contributed by atoms with Gasteiger partial charge in [-0.05, 0) is 75.0 Å². The molecule has 4 aliphatic rings. The number of ether oxygens (including phenoxy) is 1. The van der Waals surface area contributed by atoms with Crippen LogP contribution in [0.4, 0.5) is 23.1 Å². The van der Waals surface area contributed by atoms with E-state index in [1.807, 2.05) is 12.1 Å². The minimum absolute atomic E-state index is 0.0958. The normalized spacial score (nSPS) is 23.4. The zero-order chi connectivity index (χ0) is 25.1. The molecule has 2 bridgehead atoms. The Kier molecular flexibility index (Phi) is 5.11. The Morgan fingerprint density at radius 2 is 2.05 bits per heavy atom. The van der Waals surface area contributed by atoms with Crippen LogP contribution in [0.2, 0.25) is 0 Å². The molecule has 7 rings (SSSR count). The Bertz CT molecular complexity index is 1390. The van der Waals surface area contributed by atoms with Gasteiger partial charge in [0.05, 0.1) is 5.69 Å². The SMILES string of the molecule is CCN1C[C@@H]2C[C@H]1CN2c1ccc(Nc2nccc(-c3cnc4c(c3)OC3(CCC3)C(=O)N4)n2)cc1C. The molecule has 3 fully saturated rings. The highest BCUT2D eigenvalue weighted by Crippen LogP contribution is 2.44. The number of amides is 1. The Labute approximate surface area is 216 Å². The predicted octanol–water partition coefficient (Wildman–Crippen LogP) is 4.13. The second kappa shape index (κ2) is 8.41. The van der Waals surface area contributed by atoms with Crippen molar-refractivity contribution in [3.05, 3.63) is 48.3 Å². The molecule has 1 aromatic carbocycles. The van der Waals surface area contributed by atoms with Gasteiger partial charge in [0.2, 0.25) is 5.95 Å². The molecule has 0 unspecified atom stereocenters. The predicted molar refractivity (Wildman–Crippen MR) is 142 cm³/mol. The molecule has 2 N–H and O–H groups in total. The summed E-state index contributed by atoms with van der Waals surface area (Å²) in [6, 6.07) is 11.5. The maximum Gasteiger partial charge on any atom is 0.269 e. The highest BCUT2D eigenvalue weighted by molar-refractivity contribution is 6.00. The number of pyridine rings is 1. The molecule has 190 valence electrons. The first-order chi connectivity index (χ1) is 18.0. The van der Waals surface area contributed by atoms with Crippen molar-refractivity contribution in [2.45, 2.75) is 57.2 Å². The molecule has 1 spiro atoms. The molecule has 9 heteroatoms. The fraction of sp³-hybridized carbons (Fsp3) is 0.429. The lowest BCUT2D eigenvalue weighted by Gasteiger charge is -2.42. The van der Waals surface area contributed by atoms with Crippen molar-refractivity contribution in [1.82, 2.24) is 19.9 Å². The first-order valence-electron chi connectivity index (χ1n) is 13.2. The van der Waals surface area contributed by atoms with Gasteiger partial charge in [0, 0.05) is 54.5 Å². The van der Waals surface area contributed by atoms with Gasteiger partial charge in [0.15, 0.2) is 17.2 Å². The summed E-state index contributed by atoms with van der Waals surface area (Å²) in [6.07, 6.45) is 7.17. The smallest absolute Gasteiger partial charge is 0.269 e. The highest BCUT2D eigenvalue weighted by atomic mass is 16.5. The van der Waals surface area contributed by atoms with Crippen LogP contribution in [-0.2, 0) is 4.79 Å². The van der Waals surface area contributed by atoms with E-state index in [-0.39, 0.29) is 5.91 Å². The lowest BCUT2D eigenvalue weighted by Crippen LogP contribution is -2.55. The molecule has 2 atom stereocenters. The number of rotatable bonds is 5. The van der Waals surface area contributed by atoms with E-state index in [1.54, 1.807) is 12.4 Å². The van der Waals surface area contributed by atoms with Crippen LogP contribution in [0.25, 0.3) is 11.3 Å². The Morgan fingerprint density at radius 1 is 1.16 bits per heavy atom. The van der Waals surface area contributed by atoms with Crippen LogP contribution in [-0.4, -0.2) is 63.1 Å². The van der Waals surface area contributed by atoms with Crippen molar-refractivity contribution in [1.29, 1.82) is 0 Å². The number of likely N-dealkylation sites (tertiary alicyclic amines) is 1. The minimum Gasteiger partial charge on any atom is -0.474 e. The average Bonchev–Trinajstić information content (AvgIpc) is 3.48. The summed E-state index contributed by atoms with van der Waals surface area (Å²) in [5.74, 6) is 1.48. The molecule has 9 nitrogen and oxygen atoms in total. The Balaban J connectivity index is 1.09. The monoisotopic (exact) mass is 497 g/mol. The van der Waals surface area contributed by atoms with Crippen molar-refractivity contribution < 1.29 is 9.53 Å². The van der Waals surface area contributed by atoms with Crippen molar-refractivity contribution in [2.75, 3.05) is 35.2 Å². The number of anilines is 4. The number of fused-ring (bicyclic) bond motifs is 3. The molecule has 1 saturated carbocycles. The van der Waals surface area contributed by atoms with E-state index in [0.29, 0.717) is 29.6 Å². The summed E-state index contributed by atoms with van der Waals surface area (Å²) >= 11 is 0.